The van der Waals surface area contributed by atoms with Crippen LogP contribution in [0, 0.1) is 12.8 Å². The number of thiophene rings is 1. The van der Waals surface area contributed by atoms with Crippen molar-refractivity contribution >= 4 is 11.3 Å². The van der Waals surface area contributed by atoms with Gasteiger partial charge in [0.1, 0.15) is 0 Å². The molecule has 0 unspecified atom stereocenters. The van der Waals surface area contributed by atoms with Crippen LogP contribution in [0.15, 0.2) is 12.1 Å². The minimum Gasteiger partial charge on any atom is -0.321 e. The van der Waals surface area contributed by atoms with Crippen molar-refractivity contribution in [1.29, 1.82) is 0 Å². The molecule has 2 rings (SSSR count). The van der Waals surface area contributed by atoms with Gasteiger partial charge in [0.2, 0.25) is 0 Å². The molecule has 0 radical (unpaired) electrons. The third-order valence-corrected chi connectivity index (χ3v) is 5.15. The number of nitrogens with two attached hydrogens (primary N) is 1. The molecule has 1 saturated carbocycles. The number of hydrogen-bond donors (Lipinski definition) is 1. The Morgan fingerprint density at radius 3 is 2.56 bits per heavy atom. The van der Waals surface area contributed by atoms with E-state index in [-0.39, 0.29) is 5.54 Å². The molecule has 1 fully saturated rings. The van der Waals surface area contributed by atoms with E-state index in [1.165, 1.54) is 48.3 Å². The molecule has 0 atom stereocenters. The van der Waals surface area contributed by atoms with Gasteiger partial charge in [-0.05, 0) is 50.7 Å². The minimum absolute atomic E-state index is 0.0107. The Morgan fingerprint density at radius 2 is 2.06 bits per heavy atom. The Kier molecular flexibility index (Phi) is 3.70. The average molecular weight is 237 g/mol. The van der Waals surface area contributed by atoms with Crippen molar-refractivity contribution < 1.29 is 0 Å². The fourth-order valence-electron chi connectivity index (χ4n) is 2.84. The van der Waals surface area contributed by atoms with Crippen LogP contribution >= 0.6 is 11.3 Å². The van der Waals surface area contributed by atoms with Crippen LogP contribution in [0.4, 0.5) is 0 Å². The highest BCUT2D eigenvalue weighted by molar-refractivity contribution is 7.12. The van der Waals surface area contributed by atoms with Crippen LogP contribution < -0.4 is 5.73 Å². The lowest BCUT2D eigenvalue weighted by Gasteiger charge is -2.36. The number of hydrogen-bond acceptors (Lipinski definition) is 2. The Balaban J connectivity index is 2.01. The number of rotatable bonds is 3. The molecular weight excluding hydrogens is 214 g/mol. The van der Waals surface area contributed by atoms with Crippen LogP contribution in [-0.2, 0) is 5.54 Å². The molecule has 2 N–H and O–H groups in total. The monoisotopic (exact) mass is 237 g/mol. The molecule has 2 heteroatoms. The first-order valence-electron chi connectivity index (χ1n) is 6.50. The molecule has 90 valence electrons. The molecule has 1 aromatic heterocycles. The molecule has 1 aromatic rings. The second kappa shape index (κ2) is 4.89. The van der Waals surface area contributed by atoms with Crippen LogP contribution in [0.2, 0.25) is 0 Å². The molecule has 16 heavy (non-hydrogen) atoms. The van der Waals surface area contributed by atoms with Gasteiger partial charge in [-0.2, -0.15) is 0 Å². The third kappa shape index (κ3) is 2.49. The summed E-state index contributed by atoms with van der Waals surface area (Å²) in [6.07, 6.45) is 7.71. The maximum absolute atomic E-state index is 6.56. The Labute approximate surface area is 103 Å². The lowest BCUT2D eigenvalue weighted by molar-refractivity contribution is 0.229. The average Bonchev–Trinajstić information content (AvgIpc) is 2.70. The van der Waals surface area contributed by atoms with Crippen LogP contribution in [0.3, 0.4) is 0 Å². The highest BCUT2D eigenvalue weighted by Gasteiger charge is 2.33. The Bertz CT molecular complexity index is 334. The molecule has 0 aromatic carbocycles. The fraction of sp³-hybridized carbons (Fsp3) is 0.714. The van der Waals surface area contributed by atoms with Crippen LogP contribution in [0.25, 0.3) is 0 Å². The maximum Gasteiger partial charge on any atom is 0.0504 e. The summed E-state index contributed by atoms with van der Waals surface area (Å²) in [7, 11) is 0. The standard InChI is InChI=1S/C14H23NS/c1-3-4-12-7-9-14(15,10-8-12)13-6-5-11(2)16-13/h5-6,12H,3-4,7-10,15H2,1-2H3. The van der Waals surface area contributed by atoms with Gasteiger partial charge in [-0.3, -0.25) is 0 Å². The molecule has 1 nitrogen and oxygen atoms in total. The molecule has 1 aliphatic rings. The lowest BCUT2D eigenvalue weighted by atomic mass is 9.75. The van der Waals surface area contributed by atoms with Gasteiger partial charge < -0.3 is 5.73 Å². The zero-order chi connectivity index (χ0) is 11.6. The zero-order valence-corrected chi connectivity index (χ0v) is 11.3. The van der Waals surface area contributed by atoms with E-state index in [0.717, 1.165) is 5.92 Å². The summed E-state index contributed by atoms with van der Waals surface area (Å²) in [6, 6.07) is 4.44. The first-order valence-corrected chi connectivity index (χ1v) is 7.31. The van der Waals surface area contributed by atoms with E-state index in [4.69, 9.17) is 5.73 Å². The van der Waals surface area contributed by atoms with E-state index < -0.39 is 0 Å². The molecule has 0 spiro atoms. The minimum atomic E-state index is -0.0107. The van der Waals surface area contributed by atoms with Crippen molar-refractivity contribution in [3.8, 4) is 0 Å². The third-order valence-electron chi connectivity index (χ3n) is 3.93. The summed E-state index contributed by atoms with van der Waals surface area (Å²) >= 11 is 1.88. The molecule has 0 amide bonds. The first kappa shape index (κ1) is 12.1. The van der Waals surface area contributed by atoms with Crippen molar-refractivity contribution in [2.45, 2.75) is 57.9 Å². The summed E-state index contributed by atoms with van der Waals surface area (Å²) in [5.74, 6) is 0.933. The number of aryl methyl sites for hydroxylation is 1. The molecule has 0 bridgehead atoms. The van der Waals surface area contributed by atoms with Crippen molar-refractivity contribution in [1.82, 2.24) is 0 Å². The highest BCUT2D eigenvalue weighted by Crippen LogP contribution is 2.41. The molecule has 1 aliphatic carbocycles. The Morgan fingerprint density at radius 1 is 1.38 bits per heavy atom. The predicted molar refractivity (Wildman–Crippen MR) is 71.8 cm³/mol. The van der Waals surface area contributed by atoms with E-state index in [0.29, 0.717) is 0 Å². The van der Waals surface area contributed by atoms with Crippen molar-refractivity contribution in [3.05, 3.63) is 21.9 Å². The van der Waals surface area contributed by atoms with Gasteiger partial charge in [-0.25, -0.2) is 0 Å². The normalized spacial score (nSPS) is 30.6. The summed E-state index contributed by atoms with van der Waals surface area (Å²) in [5, 5.41) is 0. The molecular formula is C14H23NS. The molecule has 0 saturated heterocycles. The summed E-state index contributed by atoms with van der Waals surface area (Å²) in [6.45, 7) is 4.45. The van der Waals surface area contributed by atoms with E-state index in [1.54, 1.807) is 0 Å². The van der Waals surface area contributed by atoms with E-state index >= 15 is 0 Å². The van der Waals surface area contributed by atoms with E-state index in [9.17, 15) is 0 Å². The van der Waals surface area contributed by atoms with Gasteiger partial charge in [0.15, 0.2) is 0 Å². The smallest absolute Gasteiger partial charge is 0.0504 e. The Hall–Kier alpha value is -0.340. The summed E-state index contributed by atoms with van der Waals surface area (Å²) in [4.78, 5) is 2.79. The van der Waals surface area contributed by atoms with Gasteiger partial charge in [-0.15, -0.1) is 11.3 Å². The predicted octanol–water partition coefficient (Wildman–Crippen LogP) is 4.20. The largest absolute Gasteiger partial charge is 0.321 e. The van der Waals surface area contributed by atoms with Gasteiger partial charge in [0.05, 0.1) is 5.54 Å². The van der Waals surface area contributed by atoms with Crippen LogP contribution in [-0.4, -0.2) is 0 Å². The van der Waals surface area contributed by atoms with E-state index in [2.05, 4.69) is 26.0 Å². The summed E-state index contributed by atoms with van der Waals surface area (Å²) in [5.41, 5.74) is 6.55. The van der Waals surface area contributed by atoms with Crippen LogP contribution in [0.1, 0.15) is 55.2 Å². The van der Waals surface area contributed by atoms with Crippen molar-refractivity contribution in [2.24, 2.45) is 11.7 Å². The lowest BCUT2D eigenvalue weighted by Crippen LogP contribution is -2.39. The van der Waals surface area contributed by atoms with Gasteiger partial charge >= 0.3 is 0 Å². The van der Waals surface area contributed by atoms with Crippen LogP contribution in [0.5, 0.6) is 0 Å². The maximum atomic E-state index is 6.56. The second-order valence-corrected chi connectivity index (χ2v) is 6.59. The topological polar surface area (TPSA) is 26.0 Å². The van der Waals surface area contributed by atoms with Crippen molar-refractivity contribution in [3.63, 3.8) is 0 Å². The summed E-state index contributed by atoms with van der Waals surface area (Å²) < 4.78 is 0. The highest BCUT2D eigenvalue weighted by atomic mass is 32.1. The van der Waals surface area contributed by atoms with Gasteiger partial charge in [0, 0.05) is 9.75 Å². The second-order valence-electron chi connectivity index (χ2n) is 5.30. The van der Waals surface area contributed by atoms with E-state index in [1.807, 2.05) is 11.3 Å². The quantitative estimate of drug-likeness (QED) is 0.837. The zero-order valence-electron chi connectivity index (χ0n) is 10.5. The first-order chi connectivity index (χ1) is 7.64. The fourth-order valence-corrected chi connectivity index (χ4v) is 3.86. The van der Waals surface area contributed by atoms with Gasteiger partial charge in [-0.1, -0.05) is 19.8 Å². The van der Waals surface area contributed by atoms with Crippen molar-refractivity contribution in [2.75, 3.05) is 0 Å². The molecule has 1 heterocycles. The molecule has 0 aliphatic heterocycles. The van der Waals surface area contributed by atoms with Gasteiger partial charge in [0.25, 0.3) is 0 Å². The SMILES string of the molecule is CCCC1CCC(N)(c2ccc(C)s2)CC1.